The van der Waals surface area contributed by atoms with E-state index in [4.69, 9.17) is 4.74 Å². The number of benzene rings is 1. The van der Waals surface area contributed by atoms with E-state index in [2.05, 4.69) is 0 Å². The van der Waals surface area contributed by atoms with Gasteiger partial charge in [-0.15, -0.1) is 0 Å². The molecule has 92 valence electrons. The number of methoxy groups -OCH3 is 1. The lowest BCUT2D eigenvalue weighted by atomic mass is 9.84. The fraction of sp³-hybridized carbons (Fsp3) is 0.500. The van der Waals surface area contributed by atoms with Crippen molar-refractivity contribution in [1.82, 2.24) is 0 Å². The Morgan fingerprint density at radius 2 is 2.00 bits per heavy atom. The fourth-order valence-electron chi connectivity index (χ4n) is 2.80. The maximum atomic E-state index is 11.5. The zero-order valence-corrected chi connectivity index (χ0v) is 10.1. The van der Waals surface area contributed by atoms with Gasteiger partial charge >= 0.3 is 5.97 Å². The molecule has 0 saturated heterocycles. The number of hydrogen-bond donors (Lipinski definition) is 1. The van der Waals surface area contributed by atoms with Crippen LogP contribution in [0.2, 0.25) is 0 Å². The highest BCUT2D eigenvalue weighted by atomic mass is 16.5. The van der Waals surface area contributed by atoms with Crippen LogP contribution in [0.3, 0.4) is 0 Å². The number of carboxylic acid groups (broad SMARTS) is 1. The molecule has 2 rings (SSSR count). The average Bonchev–Trinajstić information content (AvgIpc) is 2.83. The van der Waals surface area contributed by atoms with Gasteiger partial charge in [-0.2, -0.15) is 0 Å². The smallest absolute Gasteiger partial charge is 0.311 e. The summed E-state index contributed by atoms with van der Waals surface area (Å²) >= 11 is 0. The lowest BCUT2D eigenvalue weighted by Gasteiger charge is -2.21. The van der Waals surface area contributed by atoms with E-state index in [-0.39, 0.29) is 5.92 Å². The Labute approximate surface area is 101 Å². The largest absolute Gasteiger partial charge is 0.496 e. The molecule has 1 atom stereocenters. The van der Waals surface area contributed by atoms with Crippen LogP contribution in [0.25, 0.3) is 0 Å². The van der Waals surface area contributed by atoms with Crippen molar-refractivity contribution in [3.8, 4) is 5.75 Å². The van der Waals surface area contributed by atoms with Crippen molar-refractivity contribution >= 4 is 5.97 Å². The summed E-state index contributed by atoms with van der Waals surface area (Å²) in [4.78, 5) is 11.5. The molecule has 0 aromatic heterocycles. The van der Waals surface area contributed by atoms with Gasteiger partial charge in [-0.3, -0.25) is 4.79 Å². The van der Waals surface area contributed by atoms with Gasteiger partial charge in [0.25, 0.3) is 0 Å². The molecule has 0 spiro atoms. The van der Waals surface area contributed by atoms with Crippen LogP contribution in [0.4, 0.5) is 0 Å². The normalized spacial score (nSPS) is 17.9. The van der Waals surface area contributed by atoms with Gasteiger partial charge in [0.1, 0.15) is 5.75 Å². The molecule has 3 nitrogen and oxygen atoms in total. The number of ether oxygens (including phenoxy) is 1. The minimum Gasteiger partial charge on any atom is -0.496 e. The highest BCUT2D eigenvalue weighted by Crippen LogP contribution is 2.40. The molecule has 1 aliphatic carbocycles. The molecule has 0 heterocycles. The molecular formula is C14H18O3. The first kappa shape index (κ1) is 12.0. The molecule has 0 radical (unpaired) electrons. The maximum absolute atomic E-state index is 11.5. The molecule has 1 unspecified atom stereocenters. The van der Waals surface area contributed by atoms with Gasteiger partial charge in [0.05, 0.1) is 13.0 Å². The summed E-state index contributed by atoms with van der Waals surface area (Å²) in [5.41, 5.74) is 0.814. The summed E-state index contributed by atoms with van der Waals surface area (Å²) in [6.45, 7) is 0. The average molecular weight is 234 g/mol. The van der Waals surface area contributed by atoms with Crippen LogP contribution in [0.5, 0.6) is 5.75 Å². The van der Waals surface area contributed by atoms with Crippen LogP contribution in [-0.4, -0.2) is 18.2 Å². The van der Waals surface area contributed by atoms with Crippen molar-refractivity contribution in [2.75, 3.05) is 7.11 Å². The molecule has 1 aromatic rings. The molecule has 3 heteroatoms. The Morgan fingerprint density at radius 1 is 1.35 bits per heavy atom. The summed E-state index contributed by atoms with van der Waals surface area (Å²) in [7, 11) is 1.59. The third-order valence-corrected chi connectivity index (χ3v) is 3.61. The molecule has 1 aromatic carbocycles. The van der Waals surface area contributed by atoms with Gasteiger partial charge < -0.3 is 9.84 Å². The number of hydrogen-bond acceptors (Lipinski definition) is 2. The van der Waals surface area contributed by atoms with Gasteiger partial charge in [0.2, 0.25) is 0 Å². The maximum Gasteiger partial charge on any atom is 0.311 e. The topological polar surface area (TPSA) is 46.5 Å². The van der Waals surface area contributed by atoms with Gasteiger partial charge in [0.15, 0.2) is 0 Å². The second kappa shape index (κ2) is 5.21. The summed E-state index contributed by atoms with van der Waals surface area (Å²) in [6.07, 6.45) is 4.30. The number of carboxylic acids is 1. The van der Waals surface area contributed by atoms with Crippen LogP contribution in [0.15, 0.2) is 24.3 Å². The van der Waals surface area contributed by atoms with E-state index in [1.54, 1.807) is 7.11 Å². The monoisotopic (exact) mass is 234 g/mol. The fourth-order valence-corrected chi connectivity index (χ4v) is 2.80. The summed E-state index contributed by atoms with van der Waals surface area (Å²) < 4.78 is 5.27. The van der Waals surface area contributed by atoms with Gasteiger partial charge in [-0.25, -0.2) is 0 Å². The number of aliphatic carboxylic acids is 1. The lowest BCUT2D eigenvalue weighted by molar-refractivity contribution is -0.140. The van der Waals surface area contributed by atoms with Gasteiger partial charge in [-0.05, 0) is 24.8 Å². The first-order valence-electron chi connectivity index (χ1n) is 6.09. The summed E-state index contributed by atoms with van der Waals surface area (Å²) in [6, 6.07) is 7.45. The lowest BCUT2D eigenvalue weighted by Crippen LogP contribution is -2.20. The Bertz CT molecular complexity index is 394. The van der Waals surface area contributed by atoms with Crippen LogP contribution in [-0.2, 0) is 4.79 Å². The van der Waals surface area contributed by atoms with Crippen molar-refractivity contribution in [1.29, 1.82) is 0 Å². The van der Waals surface area contributed by atoms with E-state index in [9.17, 15) is 9.90 Å². The van der Waals surface area contributed by atoms with E-state index in [1.165, 1.54) is 0 Å². The van der Waals surface area contributed by atoms with Crippen molar-refractivity contribution in [3.63, 3.8) is 0 Å². The molecule has 0 aliphatic heterocycles. The summed E-state index contributed by atoms with van der Waals surface area (Å²) in [5, 5.41) is 9.45. The predicted molar refractivity (Wildman–Crippen MR) is 65.3 cm³/mol. The van der Waals surface area contributed by atoms with Crippen LogP contribution in [0.1, 0.15) is 37.2 Å². The minimum atomic E-state index is -0.735. The highest BCUT2D eigenvalue weighted by Gasteiger charge is 2.33. The first-order chi connectivity index (χ1) is 8.24. The van der Waals surface area contributed by atoms with E-state index in [0.29, 0.717) is 5.75 Å². The Morgan fingerprint density at radius 3 is 2.59 bits per heavy atom. The predicted octanol–water partition coefficient (Wildman–Crippen LogP) is 3.05. The molecule has 0 amide bonds. The third-order valence-electron chi connectivity index (χ3n) is 3.61. The summed E-state index contributed by atoms with van der Waals surface area (Å²) in [5.74, 6) is -0.217. The Kier molecular flexibility index (Phi) is 3.67. The molecule has 1 aliphatic rings. The second-order valence-corrected chi connectivity index (χ2v) is 4.60. The number of carbonyl (C=O) groups is 1. The number of para-hydroxylation sites is 1. The minimum absolute atomic E-state index is 0.254. The van der Waals surface area contributed by atoms with Crippen LogP contribution >= 0.6 is 0 Å². The second-order valence-electron chi connectivity index (χ2n) is 4.60. The van der Waals surface area contributed by atoms with Crippen molar-refractivity contribution in [2.24, 2.45) is 5.92 Å². The molecule has 0 bridgehead atoms. The van der Waals surface area contributed by atoms with E-state index >= 15 is 0 Å². The molecule has 1 saturated carbocycles. The van der Waals surface area contributed by atoms with Crippen molar-refractivity contribution in [3.05, 3.63) is 29.8 Å². The van der Waals surface area contributed by atoms with E-state index in [1.807, 2.05) is 24.3 Å². The first-order valence-corrected chi connectivity index (χ1v) is 6.09. The van der Waals surface area contributed by atoms with Crippen LogP contribution < -0.4 is 4.74 Å². The number of rotatable bonds is 4. The molecular weight excluding hydrogens is 216 g/mol. The van der Waals surface area contributed by atoms with E-state index < -0.39 is 11.9 Å². The van der Waals surface area contributed by atoms with E-state index in [0.717, 1.165) is 31.2 Å². The van der Waals surface area contributed by atoms with Gasteiger partial charge in [-0.1, -0.05) is 31.0 Å². The van der Waals surface area contributed by atoms with Crippen LogP contribution in [0, 0.1) is 5.92 Å². The van der Waals surface area contributed by atoms with Crippen molar-refractivity contribution in [2.45, 2.75) is 31.6 Å². The molecule has 1 N–H and O–H groups in total. The zero-order chi connectivity index (χ0) is 12.3. The Balaban J connectivity index is 2.34. The Hall–Kier alpha value is -1.51. The third kappa shape index (κ3) is 2.43. The molecule has 1 fully saturated rings. The standard InChI is InChI=1S/C14H18O3/c1-17-12-9-5-4-8-11(12)13(14(15)16)10-6-2-3-7-10/h4-5,8-10,13H,2-3,6-7H2,1H3,(H,15,16). The highest BCUT2D eigenvalue weighted by molar-refractivity contribution is 5.77. The van der Waals surface area contributed by atoms with Gasteiger partial charge in [0, 0.05) is 5.56 Å². The zero-order valence-electron chi connectivity index (χ0n) is 10.1. The molecule has 17 heavy (non-hydrogen) atoms. The SMILES string of the molecule is COc1ccccc1C(C(=O)O)C1CCCC1. The quantitative estimate of drug-likeness (QED) is 0.871. The van der Waals surface area contributed by atoms with Crippen molar-refractivity contribution < 1.29 is 14.6 Å².